The van der Waals surface area contributed by atoms with Crippen LogP contribution in [-0.2, 0) is 4.74 Å². The van der Waals surface area contributed by atoms with Crippen molar-refractivity contribution in [3.8, 4) is 0 Å². The predicted molar refractivity (Wildman–Crippen MR) is 72.8 cm³/mol. The minimum atomic E-state index is 0.417. The van der Waals surface area contributed by atoms with Crippen molar-refractivity contribution in [2.45, 2.75) is 63.2 Å². The number of ether oxygens (including phenoxy) is 1. The van der Waals surface area contributed by atoms with E-state index in [9.17, 15) is 0 Å². The zero-order chi connectivity index (χ0) is 12.4. The normalized spacial score (nSPS) is 34.9. The Morgan fingerprint density at radius 1 is 1.28 bits per heavy atom. The fraction of sp³-hybridized carbons (Fsp3) is 0.929. The molecule has 18 heavy (non-hydrogen) atoms. The van der Waals surface area contributed by atoms with Crippen LogP contribution in [0, 0.1) is 5.92 Å². The summed E-state index contributed by atoms with van der Waals surface area (Å²) in [6.45, 7) is 1.04. The van der Waals surface area contributed by atoms with Crippen LogP contribution in [0.5, 0.6) is 0 Å². The summed E-state index contributed by atoms with van der Waals surface area (Å²) in [7, 11) is 1.85. The zero-order valence-electron chi connectivity index (χ0n) is 11.3. The Morgan fingerprint density at radius 3 is 2.78 bits per heavy atom. The number of rotatable bonds is 5. The number of nitrogens with zero attached hydrogens (tertiary/aromatic N) is 1. The van der Waals surface area contributed by atoms with Gasteiger partial charge in [0.2, 0.25) is 0 Å². The third-order valence-corrected chi connectivity index (χ3v) is 4.43. The van der Waals surface area contributed by atoms with Gasteiger partial charge in [-0.3, -0.25) is 4.99 Å². The average Bonchev–Trinajstić information content (AvgIpc) is 2.98. The summed E-state index contributed by atoms with van der Waals surface area (Å²) < 4.78 is 5.85. The predicted octanol–water partition coefficient (Wildman–Crippen LogP) is 1.66. The molecule has 2 saturated heterocycles. The molecule has 2 aliphatic heterocycles. The lowest BCUT2D eigenvalue weighted by molar-refractivity contribution is 0.0992. The van der Waals surface area contributed by atoms with Crippen molar-refractivity contribution in [1.82, 2.24) is 10.6 Å². The van der Waals surface area contributed by atoms with Crippen molar-refractivity contribution in [3.05, 3.63) is 0 Å². The topological polar surface area (TPSA) is 45.7 Å². The molecular formula is C14H25N3O. The third-order valence-electron chi connectivity index (χ3n) is 4.43. The molecule has 1 saturated carbocycles. The van der Waals surface area contributed by atoms with Crippen LogP contribution in [-0.4, -0.2) is 37.8 Å². The van der Waals surface area contributed by atoms with Gasteiger partial charge in [0.1, 0.15) is 0 Å². The summed E-state index contributed by atoms with van der Waals surface area (Å²) in [6.07, 6.45) is 10.1. The molecule has 0 aromatic rings. The van der Waals surface area contributed by atoms with Gasteiger partial charge in [-0.1, -0.05) is 12.8 Å². The largest absolute Gasteiger partial charge is 0.373 e. The highest BCUT2D eigenvalue weighted by Gasteiger charge is 2.41. The maximum atomic E-state index is 5.85. The number of hydrogen-bond donors (Lipinski definition) is 2. The summed E-state index contributed by atoms with van der Waals surface area (Å²) in [5, 5.41) is 6.94. The van der Waals surface area contributed by atoms with Gasteiger partial charge in [0.05, 0.1) is 18.2 Å². The molecule has 0 aromatic heterocycles. The second-order valence-electron chi connectivity index (χ2n) is 5.95. The van der Waals surface area contributed by atoms with E-state index in [1.165, 1.54) is 38.5 Å². The molecule has 102 valence electrons. The van der Waals surface area contributed by atoms with E-state index in [1.54, 1.807) is 0 Å². The third kappa shape index (κ3) is 2.97. The standard InChI is InChI=1S/C14H25N3O/c1-15-14(16-8-2-3-10-4-5-10)17-12-9-11-6-7-13(12)18-11/h10-13H,2-9H2,1H3,(H2,15,16,17). The summed E-state index contributed by atoms with van der Waals surface area (Å²) >= 11 is 0. The van der Waals surface area contributed by atoms with Gasteiger partial charge in [0.15, 0.2) is 5.96 Å². The molecule has 0 radical (unpaired) electrons. The van der Waals surface area contributed by atoms with Crippen molar-refractivity contribution < 1.29 is 4.74 Å². The Kier molecular flexibility index (Phi) is 3.73. The lowest BCUT2D eigenvalue weighted by Crippen LogP contribution is -2.47. The molecule has 3 rings (SSSR count). The lowest BCUT2D eigenvalue weighted by atomic mass is 9.96. The minimum Gasteiger partial charge on any atom is -0.373 e. The first-order valence-corrected chi connectivity index (χ1v) is 7.48. The fourth-order valence-electron chi connectivity index (χ4n) is 3.16. The van der Waals surface area contributed by atoms with Gasteiger partial charge in [0.25, 0.3) is 0 Å². The van der Waals surface area contributed by atoms with Gasteiger partial charge in [-0.25, -0.2) is 0 Å². The fourth-order valence-corrected chi connectivity index (χ4v) is 3.16. The van der Waals surface area contributed by atoms with E-state index in [0.717, 1.165) is 24.8 Å². The quantitative estimate of drug-likeness (QED) is 0.444. The first-order valence-electron chi connectivity index (χ1n) is 7.48. The molecule has 1 aliphatic carbocycles. The van der Waals surface area contributed by atoms with Gasteiger partial charge in [0, 0.05) is 13.6 Å². The number of hydrogen-bond acceptors (Lipinski definition) is 2. The van der Waals surface area contributed by atoms with Crippen molar-refractivity contribution in [1.29, 1.82) is 0 Å². The molecule has 0 amide bonds. The van der Waals surface area contributed by atoms with Crippen LogP contribution in [0.2, 0.25) is 0 Å². The summed E-state index contributed by atoms with van der Waals surface area (Å²) in [5.41, 5.74) is 0. The summed E-state index contributed by atoms with van der Waals surface area (Å²) in [4.78, 5) is 4.31. The molecular weight excluding hydrogens is 226 g/mol. The van der Waals surface area contributed by atoms with Crippen molar-refractivity contribution in [3.63, 3.8) is 0 Å². The average molecular weight is 251 g/mol. The maximum absolute atomic E-state index is 5.85. The van der Waals surface area contributed by atoms with Crippen molar-refractivity contribution >= 4 is 5.96 Å². The first-order chi connectivity index (χ1) is 8.85. The van der Waals surface area contributed by atoms with Crippen LogP contribution in [0.4, 0.5) is 0 Å². The smallest absolute Gasteiger partial charge is 0.191 e. The van der Waals surface area contributed by atoms with Crippen LogP contribution in [0.1, 0.15) is 44.9 Å². The highest BCUT2D eigenvalue weighted by molar-refractivity contribution is 5.80. The van der Waals surface area contributed by atoms with Crippen molar-refractivity contribution in [2.24, 2.45) is 10.9 Å². The van der Waals surface area contributed by atoms with Crippen LogP contribution in [0.3, 0.4) is 0 Å². The number of nitrogens with one attached hydrogen (secondary N) is 2. The second kappa shape index (κ2) is 5.47. The Labute approximate surface area is 110 Å². The summed E-state index contributed by atoms with van der Waals surface area (Å²) in [5.74, 6) is 1.98. The Bertz CT molecular complexity index is 314. The van der Waals surface area contributed by atoms with Gasteiger partial charge in [-0.05, 0) is 38.0 Å². The van der Waals surface area contributed by atoms with Gasteiger partial charge in [-0.2, -0.15) is 0 Å². The zero-order valence-corrected chi connectivity index (χ0v) is 11.3. The van der Waals surface area contributed by atoms with Crippen LogP contribution in [0.25, 0.3) is 0 Å². The maximum Gasteiger partial charge on any atom is 0.191 e. The van der Waals surface area contributed by atoms with E-state index in [1.807, 2.05) is 7.05 Å². The van der Waals surface area contributed by atoms with Gasteiger partial charge in [-0.15, -0.1) is 0 Å². The molecule has 4 heteroatoms. The molecule has 4 nitrogen and oxygen atoms in total. The molecule has 3 atom stereocenters. The Hall–Kier alpha value is -0.770. The van der Waals surface area contributed by atoms with Gasteiger partial charge < -0.3 is 15.4 Å². The Balaban J connectivity index is 1.36. The van der Waals surface area contributed by atoms with E-state index in [4.69, 9.17) is 4.74 Å². The van der Waals surface area contributed by atoms with Crippen LogP contribution < -0.4 is 10.6 Å². The molecule has 0 aromatic carbocycles. The monoisotopic (exact) mass is 251 g/mol. The van der Waals surface area contributed by atoms with E-state index in [-0.39, 0.29) is 0 Å². The summed E-state index contributed by atoms with van der Waals surface area (Å²) in [6, 6.07) is 0.471. The van der Waals surface area contributed by atoms with Crippen LogP contribution in [0.15, 0.2) is 4.99 Å². The molecule has 3 aliphatic rings. The molecule has 3 fully saturated rings. The highest BCUT2D eigenvalue weighted by Crippen LogP contribution is 2.34. The van der Waals surface area contributed by atoms with E-state index in [0.29, 0.717) is 18.2 Å². The van der Waals surface area contributed by atoms with E-state index in [2.05, 4.69) is 15.6 Å². The lowest BCUT2D eigenvalue weighted by Gasteiger charge is -2.22. The highest BCUT2D eigenvalue weighted by atomic mass is 16.5. The van der Waals surface area contributed by atoms with Crippen molar-refractivity contribution in [2.75, 3.05) is 13.6 Å². The van der Waals surface area contributed by atoms with E-state index < -0.39 is 0 Å². The van der Waals surface area contributed by atoms with Crippen LogP contribution >= 0.6 is 0 Å². The van der Waals surface area contributed by atoms with E-state index >= 15 is 0 Å². The molecule has 0 spiro atoms. The SMILES string of the molecule is CN=C(NCCCC1CC1)NC1CC2CCC1O2. The molecule has 2 bridgehead atoms. The second-order valence-corrected chi connectivity index (χ2v) is 5.95. The molecule has 2 N–H and O–H groups in total. The number of guanidine groups is 1. The minimum absolute atomic E-state index is 0.417. The number of fused-ring (bicyclic) bond motifs is 2. The number of aliphatic imine (C=N–C) groups is 1. The first kappa shape index (κ1) is 12.3. The molecule has 2 heterocycles. The Morgan fingerprint density at radius 2 is 2.17 bits per heavy atom. The van der Waals surface area contributed by atoms with Gasteiger partial charge >= 0.3 is 0 Å². The molecule has 3 unspecified atom stereocenters.